The first-order valence-corrected chi connectivity index (χ1v) is 6.01. The van der Waals surface area contributed by atoms with Crippen molar-refractivity contribution in [1.82, 2.24) is 14.9 Å². The summed E-state index contributed by atoms with van der Waals surface area (Å²) in [5, 5.41) is 3.12. The van der Waals surface area contributed by atoms with E-state index in [9.17, 15) is 0 Å². The van der Waals surface area contributed by atoms with E-state index in [1.165, 1.54) is 13.4 Å². The largest absolute Gasteiger partial charge is 0.490 e. The number of nitrogens with two attached hydrogens (primary N) is 1. The van der Waals surface area contributed by atoms with E-state index >= 15 is 0 Å². The van der Waals surface area contributed by atoms with Gasteiger partial charge in [0.25, 0.3) is 0 Å². The predicted molar refractivity (Wildman–Crippen MR) is 74.3 cm³/mol. The molecule has 4 N–H and O–H groups in total. The summed E-state index contributed by atoms with van der Waals surface area (Å²) in [6.07, 6.45) is 1.41. The van der Waals surface area contributed by atoms with Crippen LogP contribution in [0, 0.1) is 0 Å². The van der Waals surface area contributed by atoms with Gasteiger partial charge < -0.3 is 25.1 Å². The number of nitrogens with one attached hydrogen (secondary N) is 2. The maximum absolute atomic E-state index is 5.47. The molecule has 0 saturated carbocycles. The second-order valence-corrected chi connectivity index (χ2v) is 4.09. The summed E-state index contributed by atoms with van der Waals surface area (Å²) in [6.45, 7) is 2.82. The van der Waals surface area contributed by atoms with Crippen LogP contribution in [-0.4, -0.2) is 62.4 Å². The van der Waals surface area contributed by atoms with E-state index in [4.69, 9.17) is 15.3 Å². The van der Waals surface area contributed by atoms with E-state index < -0.39 is 0 Å². The lowest BCUT2D eigenvalue weighted by molar-refractivity contribution is 0.126. The number of rotatable bonds is 9. The molecule has 19 heavy (non-hydrogen) atoms. The summed E-state index contributed by atoms with van der Waals surface area (Å²) in [5.74, 6) is 6.85. The zero-order valence-electron chi connectivity index (χ0n) is 11.6. The molecule has 1 aromatic heterocycles. The van der Waals surface area contributed by atoms with Crippen LogP contribution in [-0.2, 0) is 4.74 Å². The van der Waals surface area contributed by atoms with Gasteiger partial charge in [0.1, 0.15) is 6.33 Å². The molecular formula is C11H22N6O2. The van der Waals surface area contributed by atoms with E-state index in [0.29, 0.717) is 37.1 Å². The number of ether oxygens (including phenoxy) is 2. The number of hydrazine groups is 1. The number of hydrogen-bond acceptors (Lipinski definition) is 8. The zero-order valence-corrected chi connectivity index (χ0v) is 11.6. The summed E-state index contributed by atoms with van der Waals surface area (Å²) >= 11 is 0. The number of anilines is 2. The lowest BCUT2D eigenvalue weighted by Gasteiger charge is -2.13. The van der Waals surface area contributed by atoms with Crippen molar-refractivity contribution in [2.24, 2.45) is 5.84 Å². The molecule has 1 heterocycles. The highest BCUT2D eigenvalue weighted by atomic mass is 16.5. The van der Waals surface area contributed by atoms with Crippen molar-refractivity contribution in [2.75, 3.05) is 58.3 Å². The molecule has 0 spiro atoms. The zero-order chi connectivity index (χ0) is 14.1. The second kappa shape index (κ2) is 8.46. The fourth-order valence-electron chi connectivity index (χ4n) is 1.39. The highest BCUT2D eigenvalue weighted by Crippen LogP contribution is 2.27. The van der Waals surface area contributed by atoms with E-state index in [-0.39, 0.29) is 0 Å². The topological polar surface area (TPSA) is 97.6 Å². The number of hydrogen-bond donors (Lipinski definition) is 3. The SMILES string of the molecule is COc1c(NN)ncnc1NCCOCCN(C)C. The minimum absolute atomic E-state index is 0.438. The highest BCUT2D eigenvalue weighted by molar-refractivity contribution is 5.62. The monoisotopic (exact) mass is 270 g/mol. The molecule has 0 aliphatic rings. The molecule has 1 aromatic rings. The lowest BCUT2D eigenvalue weighted by Crippen LogP contribution is -2.20. The van der Waals surface area contributed by atoms with Gasteiger partial charge in [-0.25, -0.2) is 15.8 Å². The first-order valence-electron chi connectivity index (χ1n) is 6.01. The Kier molecular flexibility index (Phi) is 6.86. The van der Waals surface area contributed by atoms with Crippen molar-refractivity contribution in [3.63, 3.8) is 0 Å². The van der Waals surface area contributed by atoms with Crippen LogP contribution in [0.4, 0.5) is 11.6 Å². The maximum atomic E-state index is 5.47. The molecule has 0 radical (unpaired) electrons. The second-order valence-electron chi connectivity index (χ2n) is 4.09. The first kappa shape index (κ1) is 15.4. The van der Waals surface area contributed by atoms with Crippen LogP contribution < -0.4 is 21.3 Å². The molecule has 0 bridgehead atoms. The van der Waals surface area contributed by atoms with Crippen LogP contribution in [0.2, 0.25) is 0 Å². The van der Waals surface area contributed by atoms with Crippen LogP contribution >= 0.6 is 0 Å². The molecule has 0 aliphatic heterocycles. The van der Waals surface area contributed by atoms with Crippen molar-refractivity contribution >= 4 is 11.6 Å². The van der Waals surface area contributed by atoms with Gasteiger partial charge in [-0.3, -0.25) is 0 Å². The Bertz CT molecular complexity index is 374. The molecule has 0 aromatic carbocycles. The standard InChI is InChI=1S/C11H22N6O2/c1-17(2)5-7-19-6-4-13-10-9(18-3)11(16-12)15-8-14-10/h8H,4-7,12H2,1-3H3,(H2,13,14,15,16). The van der Waals surface area contributed by atoms with Crippen molar-refractivity contribution in [3.05, 3.63) is 6.33 Å². The molecule has 1 rings (SSSR count). The van der Waals surface area contributed by atoms with Crippen LogP contribution in [0.25, 0.3) is 0 Å². The van der Waals surface area contributed by atoms with Crippen LogP contribution in [0.5, 0.6) is 5.75 Å². The fourth-order valence-corrected chi connectivity index (χ4v) is 1.39. The van der Waals surface area contributed by atoms with Gasteiger partial charge in [-0.2, -0.15) is 0 Å². The third-order valence-corrected chi connectivity index (χ3v) is 2.37. The Morgan fingerprint density at radius 1 is 1.26 bits per heavy atom. The van der Waals surface area contributed by atoms with Gasteiger partial charge in [0, 0.05) is 13.1 Å². The van der Waals surface area contributed by atoms with Crippen LogP contribution in [0.3, 0.4) is 0 Å². The van der Waals surface area contributed by atoms with Crippen LogP contribution in [0.15, 0.2) is 6.33 Å². The lowest BCUT2D eigenvalue weighted by atomic mass is 10.4. The minimum Gasteiger partial charge on any atom is -0.490 e. The van der Waals surface area contributed by atoms with Gasteiger partial charge >= 0.3 is 0 Å². The van der Waals surface area contributed by atoms with Gasteiger partial charge in [-0.05, 0) is 14.1 Å². The molecule has 0 aliphatic carbocycles. The summed E-state index contributed by atoms with van der Waals surface area (Å²) in [7, 11) is 5.56. The molecule has 0 fully saturated rings. The minimum atomic E-state index is 0.438. The molecule has 0 saturated heterocycles. The number of methoxy groups -OCH3 is 1. The number of aromatic nitrogens is 2. The van der Waals surface area contributed by atoms with E-state index in [1.54, 1.807) is 0 Å². The molecule has 108 valence electrons. The molecule has 0 amide bonds. The third-order valence-electron chi connectivity index (χ3n) is 2.37. The summed E-state index contributed by atoms with van der Waals surface area (Å²) in [5.41, 5.74) is 2.46. The predicted octanol–water partition coefficient (Wildman–Crippen LogP) is -0.239. The van der Waals surface area contributed by atoms with Gasteiger partial charge in [0.15, 0.2) is 11.6 Å². The maximum Gasteiger partial charge on any atom is 0.205 e. The normalized spacial score (nSPS) is 10.6. The average molecular weight is 270 g/mol. The van der Waals surface area contributed by atoms with E-state index in [2.05, 4.69) is 25.6 Å². The number of nitrogen functional groups attached to an aromatic ring is 1. The Labute approximate surface area is 113 Å². The third kappa shape index (κ3) is 5.25. The Morgan fingerprint density at radius 3 is 2.63 bits per heavy atom. The average Bonchev–Trinajstić information content (AvgIpc) is 2.41. The number of likely N-dealkylation sites (N-methyl/N-ethyl adjacent to an activating group) is 1. The Hall–Kier alpha value is -1.64. The summed E-state index contributed by atoms with van der Waals surface area (Å²) in [4.78, 5) is 10.1. The van der Waals surface area contributed by atoms with Crippen molar-refractivity contribution in [2.45, 2.75) is 0 Å². The van der Waals surface area contributed by atoms with Gasteiger partial charge in [-0.15, -0.1) is 0 Å². The Balaban J connectivity index is 2.37. The van der Waals surface area contributed by atoms with Gasteiger partial charge in [-0.1, -0.05) is 0 Å². The van der Waals surface area contributed by atoms with E-state index in [0.717, 1.165) is 6.54 Å². The van der Waals surface area contributed by atoms with Crippen molar-refractivity contribution < 1.29 is 9.47 Å². The smallest absolute Gasteiger partial charge is 0.205 e. The Morgan fingerprint density at radius 2 is 2.00 bits per heavy atom. The highest BCUT2D eigenvalue weighted by Gasteiger charge is 2.10. The first-order chi connectivity index (χ1) is 9.19. The molecule has 8 nitrogen and oxygen atoms in total. The molecular weight excluding hydrogens is 248 g/mol. The van der Waals surface area contributed by atoms with Gasteiger partial charge in [0.05, 0.1) is 20.3 Å². The fraction of sp³-hybridized carbons (Fsp3) is 0.636. The van der Waals surface area contributed by atoms with Crippen molar-refractivity contribution in [1.29, 1.82) is 0 Å². The quantitative estimate of drug-likeness (QED) is 0.321. The van der Waals surface area contributed by atoms with E-state index in [1.807, 2.05) is 14.1 Å². The summed E-state index contributed by atoms with van der Waals surface area (Å²) in [6, 6.07) is 0. The molecule has 0 atom stereocenters. The van der Waals surface area contributed by atoms with Gasteiger partial charge in [0.2, 0.25) is 5.75 Å². The number of nitrogens with zero attached hydrogens (tertiary/aromatic N) is 3. The molecule has 8 heteroatoms. The van der Waals surface area contributed by atoms with Crippen LogP contribution in [0.1, 0.15) is 0 Å². The summed E-state index contributed by atoms with van der Waals surface area (Å²) < 4.78 is 10.7. The molecule has 0 unspecified atom stereocenters. The van der Waals surface area contributed by atoms with Crippen molar-refractivity contribution in [3.8, 4) is 5.75 Å².